The van der Waals surface area contributed by atoms with Crippen LogP contribution >= 0.6 is 0 Å². The fourth-order valence-electron chi connectivity index (χ4n) is 5.88. The van der Waals surface area contributed by atoms with Gasteiger partial charge in [0.1, 0.15) is 23.0 Å². The van der Waals surface area contributed by atoms with E-state index in [9.17, 15) is 14.3 Å². The summed E-state index contributed by atoms with van der Waals surface area (Å²) >= 11 is 0. The van der Waals surface area contributed by atoms with Crippen LogP contribution in [0.2, 0.25) is 0 Å². The number of anilines is 1. The molecule has 0 spiro atoms. The molecule has 3 aromatic heterocycles. The van der Waals surface area contributed by atoms with Gasteiger partial charge in [0.05, 0.1) is 30.1 Å². The van der Waals surface area contributed by atoms with E-state index in [2.05, 4.69) is 15.3 Å². The zero-order valence-corrected chi connectivity index (χ0v) is 18.6. The Labute approximate surface area is 194 Å². The molecule has 174 valence electrons. The van der Waals surface area contributed by atoms with E-state index >= 15 is 0 Å². The highest BCUT2D eigenvalue weighted by atomic mass is 19.1. The van der Waals surface area contributed by atoms with Crippen molar-refractivity contribution in [2.45, 2.75) is 31.7 Å². The number of H-pyrrole nitrogens is 1. The lowest BCUT2D eigenvalue weighted by atomic mass is 9.61. The molecule has 8 nitrogen and oxygen atoms in total. The van der Waals surface area contributed by atoms with Gasteiger partial charge >= 0.3 is 5.97 Å². The van der Waals surface area contributed by atoms with Crippen LogP contribution in [0.15, 0.2) is 36.7 Å². The molecule has 3 saturated carbocycles. The van der Waals surface area contributed by atoms with Gasteiger partial charge < -0.3 is 20.1 Å². The van der Waals surface area contributed by atoms with Crippen molar-refractivity contribution >= 4 is 33.7 Å². The van der Waals surface area contributed by atoms with Crippen molar-refractivity contribution < 1.29 is 19.0 Å². The van der Waals surface area contributed by atoms with Gasteiger partial charge in [0.2, 0.25) is 0 Å². The number of rotatable bonds is 5. The van der Waals surface area contributed by atoms with E-state index < -0.39 is 17.7 Å². The predicted molar refractivity (Wildman–Crippen MR) is 125 cm³/mol. The van der Waals surface area contributed by atoms with Crippen molar-refractivity contribution in [3.05, 3.63) is 42.5 Å². The van der Waals surface area contributed by atoms with E-state index in [1.165, 1.54) is 6.07 Å². The zero-order chi connectivity index (χ0) is 23.4. The topological polar surface area (TPSA) is 113 Å². The minimum absolute atomic E-state index is 0.164. The van der Waals surface area contributed by atoms with E-state index in [1.54, 1.807) is 13.3 Å². The average molecular weight is 461 g/mol. The maximum absolute atomic E-state index is 14.0. The number of aromatic nitrogens is 4. The molecule has 3 aliphatic rings. The van der Waals surface area contributed by atoms with Gasteiger partial charge in [0.15, 0.2) is 5.82 Å². The monoisotopic (exact) mass is 461 g/mol. The summed E-state index contributed by atoms with van der Waals surface area (Å²) in [5, 5.41) is 14.8. The maximum atomic E-state index is 14.0. The minimum Gasteiger partial charge on any atom is -0.496 e. The third-order valence-electron chi connectivity index (χ3n) is 7.45. The summed E-state index contributed by atoms with van der Waals surface area (Å²) in [7, 11) is 1.59. The Morgan fingerprint density at radius 3 is 2.76 bits per heavy atom. The number of nitrogens with zero attached hydrogens (tertiary/aromatic N) is 3. The molecule has 2 unspecified atom stereocenters. The third-order valence-corrected chi connectivity index (χ3v) is 7.45. The van der Waals surface area contributed by atoms with Gasteiger partial charge in [-0.25, -0.2) is 19.3 Å². The first-order valence-corrected chi connectivity index (χ1v) is 11.5. The second-order valence-corrected chi connectivity index (χ2v) is 9.21. The highest BCUT2D eigenvalue weighted by Crippen LogP contribution is 2.47. The third kappa shape index (κ3) is 3.26. The SMILES string of the molecule is COc1cccc2nc(-c3c[nH]c4ncc(F)cc34)nc(NC3C4CCC(CC4)C3C(=O)O)c12. The lowest BCUT2D eigenvalue weighted by molar-refractivity contribution is -0.148. The summed E-state index contributed by atoms with van der Waals surface area (Å²) in [6, 6.07) is 6.72. The Morgan fingerprint density at radius 1 is 1.21 bits per heavy atom. The minimum atomic E-state index is -0.768. The first-order valence-electron chi connectivity index (χ1n) is 11.5. The number of hydrogen-bond acceptors (Lipinski definition) is 6. The summed E-state index contributed by atoms with van der Waals surface area (Å²) < 4.78 is 19.6. The molecule has 2 bridgehead atoms. The molecule has 4 aromatic rings. The lowest BCUT2D eigenvalue weighted by Gasteiger charge is -2.47. The number of fused-ring (bicyclic) bond motifs is 5. The van der Waals surface area contributed by atoms with Crippen LogP contribution in [0.4, 0.5) is 10.2 Å². The van der Waals surface area contributed by atoms with Crippen LogP contribution in [0.1, 0.15) is 25.7 Å². The number of hydrogen-bond donors (Lipinski definition) is 3. The molecule has 3 aliphatic carbocycles. The van der Waals surface area contributed by atoms with Crippen LogP contribution in [-0.2, 0) is 4.79 Å². The van der Waals surface area contributed by atoms with Gasteiger partial charge in [-0.2, -0.15) is 0 Å². The molecule has 9 heteroatoms. The molecular formula is C25H24FN5O3. The number of pyridine rings is 1. The van der Waals surface area contributed by atoms with E-state index in [-0.39, 0.29) is 17.9 Å². The van der Waals surface area contributed by atoms with Crippen molar-refractivity contribution in [2.75, 3.05) is 12.4 Å². The number of methoxy groups -OCH3 is 1. The van der Waals surface area contributed by atoms with Crippen LogP contribution < -0.4 is 10.1 Å². The van der Waals surface area contributed by atoms with Gasteiger partial charge in [-0.1, -0.05) is 6.07 Å². The number of halogens is 1. The second kappa shape index (κ2) is 7.93. The number of carboxylic acid groups (broad SMARTS) is 1. The van der Waals surface area contributed by atoms with Gasteiger partial charge in [0.25, 0.3) is 0 Å². The van der Waals surface area contributed by atoms with Crippen molar-refractivity contribution in [3.63, 3.8) is 0 Å². The van der Waals surface area contributed by atoms with Gasteiger partial charge in [-0.3, -0.25) is 4.79 Å². The number of carbonyl (C=O) groups is 1. The summed E-state index contributed by atoms with van der Waals surface area (Å²) in [6.07, 6.45) is 6.79. The Balaban J connectivity index is 1.52. The summed E-state index contributed by atoms with van der Waals surface area (Å²) in [4.78, 5) is 29.0. The molecule has 3 fully saturated rings. The smallest absolute Gasteiger partial charge is 0.308 e. The number of ether oxygens (including phenoxy) is 1. The standard InChI is InChI=1S/C25H24FN5O3/c1-34-18-4-2-3-17-20(18)24(30-21-13-7-5-12(6-8-13)19(21)25(32)33)31-23(29-17)16-11-28-22-15(16)9-14(26)10-27-22/h2-4,9-13,19,21H,5-8H2,1H3,(H,27,28)(H,32,33)(H,29,30,31). The van der Waals surface area contributed by atoms with Crippen LogP contribution in [0.25, 0.3) is 33.3 Å². The van der Waals surface area contributed by atoms with E-state index in [1.807, 2.05) is 18.2 Å². The summed E-state index contributed by atoms with van der Waals surface area (Å²) in [5.74, 6) is 0.271. The fraction of sp³-hybridized carbons (Fsp3) is 0.360. The van der Waals surface area contributed by atoms with Crippen molar-refractivity contribution in [1.29, 1.82) is 0 Å². The normalized spacial score (nSPS) is 23.9. The predicted octanol–water partition coefficient (Wildman–Crippen LogP) is 4.62. The first kappa shape index (κ1) is 20.8. The molecule has 3 N–H and O–H groups in total. The molecule has 0 aliphatic heterocycles. The largest absolute Gasteiger partial charge is 0.496 e. The van der Waals surface area contributed by atoms with Crippen LogP contribution in [0.3, 0.4) is 0 Å². The van der Waals surface area contributed by atoms with Crippen molar-refractivity contribution in [2.24, 2.45) is 17.8 Å². The van der Waals surface area contributed by atoms with Crippen LogP contribution in [0, 0.1) is 23.6 Å². The Bertz CT molecular complexity index is 1410. The number of benzene rings is 1. The van der Waals surface area contributed by atoms with E-state index in [4.69, 9.17) is 14.7 Å². The molecule has 7 rings (SSSR count). The highest BCUT2D eigenvalue weighted by Gasteiger charge is 2.47. The van der Waals surface area contributed by atoms with Gasteiger partial charge in [0, 0.05) is 23.2 Å². The Hall–Kier alpha value is -3.75. The molecule has 0 saturated heterocycles. The highest BCUT2D eigenvalue weighted by molar-refractivity contribution is 5.98. The average Bonchev–Trinajstić information content (AvgIpc) is 3.27. The molecule has 0 amide bonds. The lowest BCUT2D eigenvalue weighted by Crippen LogP contribution is -2.51. The molecular weight excluding hydrogens is 437 g/mol. The Kier molecular flexibility index (Phi) is 4.86. The molecule has 2 atom stereocenters. The van der Waals surface area contributed by atoms with Crippen LogP contribution in [-0.4, -0.2) is 44.2 Å². The first-order chi connectivity index (χ1) is 16.5. The molecule has 3 heterocycles. The molecule has 0 radical (unpaired) electrons. The van der Waals surface area contributed by atoms with E-state index in [0.717, 1.165) is 31.9 Å². The van der Waals surface area contributed by atoms with E-state index in [0.29, 0.717) is 44.9 Å². The quantitative estimate of drug-likeness (QED) is 0.397. The van der Waals surface area contributed by atoms with Crippen LogP contribution in [0.5, 0.6) is 5.75 Å². The summed E-state index contributed by atoms with van der Waals surface area (Å²) in [5.41, 5.74) is 1.81. The second-order valence-electron chi connectivity index (χ2n) is 9.21. The van der Waals surface area contributed by atoms with Gasteiger partial charge in [-0.15, -0.1) is 0 Å². The zero-order valence-electron chi connectivity index (χ0n) is 18.6. The maximum Gasteiger partial charge on any atom is 0.308 e. The van der Waals surface area contributed by atoms with Gasteiger partial charge in [-0.05, 0) is 55.7 Å². The van der Waals surface area contributed by atoms with Crippen molar-refractivity contribution in [3.8, 4) is 17.1 Å². The number of nitrogens with one attached hydrogen (secondary N) is 2. The number of carboxylic acids is 1. The molecule has 1 aromatic carbocycles. The Morgan fingerprint density at radius 2 is 2.00 bits per heavy atom. The molecule has 34 heavy (non-hydrogen) atoms. The fourth-order valence-corrected chi connectivity index (χ4v) is 5.88. The van der Waals surface area contributed by atoms with Crippen molar-refractivity contribution in [1.82, 2.24) is 19.9 Å². The number of aromatic amines is 1. The number of aliphatic carboxylic acids is 1. The summed E-state index contributed by atoms with van der Waals surface area (Å²) in [6.45, 7) is 0.